The summed E-state index contributed by atoms with van der Waals surface area (Å²) >= 11 is 14.4. The molecule has 0 radical (unpaired) electrons. The van der Waals surface area contributed by atoms with Crippen molar-refractivity contribution in [2.75, 3.05) is 26.2 Å². The van der Waals surface area contributed by atoms with Gasteiger partial charge in [-0.3, -0.25) is 29.0 Å². The molecule has 2 aliphatic heterocycles. The Morgan fingerprint density at radius 2 is 1.62 bits per heavy atom. The zero-order valence-electron chi connectivity index (χ0n) is 26.4. The van der Waals surface area contributed by atoms with E-state index in [9.17, 15) is 24.3 Å². The molecule has 0 spiro atoms. The number of phenolic OH excluding ortho intramolecular Hbond substituents is 1. The molecule has 2 saturated heterocycles. The molecule has 48 heavy (non-hydrogen) atoms. The van der Waals surface area contributed by atoms with E-state index in [2.05, 4.69) is 0 Å². The van der Waals surface area contributed by atoms with Gasteiger partial charge in [-0.25, -0.2) is 0 Å². The molecule has 4 aliphatic rings. The molecule has 2 heterocycles. The number of allylic oxidation sites excluding steroid dienone is 2. The van der Waals surface area contributed by atoms with E-state index in [0.717, 1.165) is 16.0 Å². The van der Waals surface area contributed by atoms with Gasteiger partial charge in [-0.2, -0.15) is 0 Å². The number of halogens is 2. The molecule has 1 N–H and O–H groups in total. The zero-order valence-corrected chi connectivity index (χ0v) is 27.9. The van der Waals surface area contributed by atoms with Crippen LogP contribution in [0.2, 0.25) is 0 Å². The van der Waals surface area contributed by atoms with Crippen LogP contribution in [-0.4, -0.2) is 64.7 Å². The Bertz CT molecular complexity index is 1940. The van der Waals surface area contributed by atoms with Crippen LogP contribution in [0.1, 0.15) is 35.4 Å². The van der Waals surface area contributed by atoms with Crippen LogP contribution in [0.5, 0.6) is 17.2 Å². The molecule has 2 aliphatic carbocycles. The average molecular weight is 688 g/mol. The maximum Gasteiger partial charge on any atom is 0.253 e. The quantitative estimate of drug-likeness (QED) is 0.152. The molecule has 7 rings (SSSR count). The minimum atomic E-state index is -1.90. The second-order valence-corrected chi connectivity index (χ2v) is 13.9. The van der Waals surface area contributed by atoms with Crippen molar-refractivity contribution in [3.8, 4) is 17.2 Å². The molecule has 6 unspecified atom stereocenters. The number of rotatable bonds is 6. The van der Waals surface area contributed by atoms with Crippen molar-refractivity contribution in [1.29, 1.82) is 0 Å². The van der Waals surface area contributed by atoms with Crippen LogP contribution in [0.15, 0.2) is 78.4 Å². The van der Waals surface area contributed by atoms with Crippen LogP contribution >= 0.6 is 23.2 Å². The topological polar surface area (TPSA) is 113 Å². The maximum atomic E-state index is 14.3. The van der Waals surface area contributed by atoms with Crippen molar-refractivity contribution in [3.05, 3.63) is 95.1 Å². The molecule has 246 valence electrons. The van der Waals surface area contributed by atoms with Gasteiger partial charge in [-0.05, 0) is 72.4 Å². The molecule has 4 amide bonds. The Morgan fingerprint density at radius 1 is 0.875 bits per heavy atom. The fraction of sp³-hybridized carbons (Fsp3) is 0.297. The average Bonchev–Trinajstić information content (AvgIpc) is 3.42. The van der Waals surface area contributed by atoms with Crippen LogP contribution in [0.4, 0.5) is 5.69 Å². The van der Waals surface area contributed by atoms with Gasteiger partial charge in [-0.15, -0.1) is 23.2 Å². The lowest BCUT2D eigenvalue weighted by molar-refractivity contribution is -0.138. The number of methoxy groups -OCH3 is 2. The first-order valence-corrected chi connectivity index (χ1v) is 16.3. The number of nitrogens with zero attached hydrogens (tertiary/aromatic N) is 2. The zero-order chi connectivity index (χ0) is 34.1. The normalized spacial score (nSPS) is 29.6. The highest BCUT2D eigenvalue weighted by Gasteiger charge is 2.75. The Hall–Kier alpha value is -4.60. The number of imide groups is 2. The highest BCUT2D eigenvalue weighted by Crippen LogP contribution is 2.65. The van der Waals surface area contributed by atoms with Gasteiger partial charge in [0.2, 0.25) is 11.8 Å². The van der Waals surface area contributed by atoms with E-state index in [4.69, 9.17) is 32.7 Å². The lowest BCUT2D eigenvalue weighted by Crippen LogP contribution is -2.60. The number of hydrogen-bond acceptors (Lipinski definition) is 7. The van der Waals surface area contributed by atoms with E-state index in [1.165, 1.54) is 24.1 Å². The summed E-state index contributed by atoms with van der Waals surface area (Å²) in [6.45, 7) is 0. The smallest absolute Gasteiger partial charge is 0.253 e. The number of benzene rings is 3. The summed E-state index contributed by atoms with van der Waals surface area (Å²) in [5, 5.41) is 10.4. The van der Waals surface area contributed by atoms with Gasteiger partial charge in [0.15, 0.2) is 9.75 Å². The molecular formula is C37H32Cl2N2O7. The van der Waals surface area contributed by atoms with Gasteiger partial charge in [0.05, 0.1) is 31.7 Å². The molecule has 9 nitrogen and oxygen atoms in total. The Kier molecular flexibility index (Phi) is 7.68. The molecule has 3 aromatic carbocycles. The molecular weight excluding hydrogens is 655 g/mol. The number of alkyl halides is 2. The second kappa shape index (κ2) is 11.5. The van der Waals surface area contributed by atoms with E-state index in [1.54, 1.807) is 38.5 Å². The van der Waals surface area contributed by atoms with Gasteiger partial charge < -0.3 is 14.6 Å². The maximum absolute atomic E-state index is 14.3. The monoisotopic (exact) mass is 686 g/mol. The summed E-state index contributed by atoms with van der Waals surface area (Å²) in [6.07, 6.45) is 5.80. The van der Waals surface area contributed by atoms with Gasteiger partial charge in [0.1, 0.15) is 17.2 Å². The van der Waals surface area contributed by atoms with Gasteiger partial charge in [-0.1, -0.05) is 48.1 Å². The molecule has 0 aromatic heterocycles. The number of carbonyl (C=O) groups is 4. The van der Waals surface area contributed by atoms with E-state index in [1.807, 2.05) is 48.6 Å². The summed E-state index contributed by atoms with van der Waals surface area (Å²) in [7, 11) is 4.53. The first-order chi connectivity index (χ1) is 22.9. The lowest BCUT2D eigenvalue weighted by atomic mass is 9.56. The molecule has 11 heteroatoms. The second-order valence-electron chi connectivity index (χ2n) is 12.6. The highest BCUT2D eigenvalue weighted by atomic mass is 35.5. The number of amides is 4. The Balaban J connectivity index is 1.22. The highest BCUT2D eigenvalue weighted by molar-refractivity contribution is 6.53. The third kappa shape index (κ3) is 4.51. The van der Waals surface area contributed by atoms with Crippen LogP contribution in [0, 0.1) is 17.8 Å². The summed E-state index contributed by atoms with van der Waals surface area (Å²) < 4.78 is 10.8. The number of ether oxygens (including phenoxy) is 2. The van der Waals surface area contributed by atoms with Gasteiger partial charge in [0, 0.05) is 18.5 Å². The summed E-state index contributed by atoms with van der Waals surface area (Å²) in [5.41, 5.74) is 3.24. The van der Waals surface area contributed by atoms with E-state index in [0.29, 0.717) is 28.3 Å². The van der Waals surface area contributed by atoms with Crippen molar-refractivity contribution >= 4 is 64.7 Å². The van der Waals surface area contributed by atoms with Gasteiger partial charge in [0.25, 0.3) is 11.8 Å². The Morgan fingerprint density at radius 3 is 2.31 bits per heavy atom. The standard InChI is InChI=1S/C37H32Cl2N2O7/c1-40-34(45)36(38)19-28-26(31(37(36,39)35(40)46)22-5-4-6-24(42)17-22)14-15-27-30(28)33(44)41(32(27)43)23-11-8-20(9-12-23)7-10-21-18-25(47-2)13-16-29(21)48-3/h4-14,16-18,27-28,30-31,42H,15,19H2,1-3H3. The van der Waals surface area contributed by atoms with E-state index < -0.39 is 51.1 Å². The summed E-state index contributed by atoms with van der Waals surface area (Å²) in [5.74, 6) is -3.77. The third-order valence-electron chi connectivity index (χ3n) is 10.3. The fourth-order valence-corrected chi connectivity index (χ4v) is 8.99. The van der Waals surface area contributed by atoms with Crippen LogP contribution < -0.4 is 14.4 Å². The number of fused-ring (bicyclic) bond motifs is 4. The lowest BCUT2D eigenvalue weighted by Gasteiger charge is -2.50. The fourth-order valence-electron chi connectivity index (χ4n) is 7.97. The van der Waals surface area contributed by atoms with Crippen molar-refractivity contribution in [1.82, 2.24) is 4.90 Å². The number of carbonyl (C=O) groups excluding carboxylic acids is 4. The predicted octanol–water partition coefficient (Wildman–Crippen LogP) is 5.77. The largest absolute Gasteiger partial charge is 0.508 e. The number of hydrogen-bond donors (Lipinski definition) is 1. The van der Waals surface area contributed by atoms with E-state index >= 15 is 0 Å². The summed E-state index contributed by atoms with van der Waals surface area (Å²) in [6, 6.07) is 18.9. The number of likely N-dealkylation sites (tertiary alicyclic amines) is 1. The Labute approximate surface area is 287 Å². The minimum Gasteiger partial charge on any atom is -0.508 e. The molecule has 1 saturated carbocycles. The molecule has 3 aromatic rings. The van der Waals surface area contributed by atoms with Crippen molar-refractivity contribution in [3.63, 3.8) is 0 Å². The molecule has 6 atom stereocenters. The first-order valence-electron chi connectivity index (χ1n) is 15.5. The first kappa shape index (κ1) is 32.0. The number of anilines is 1. The van der Waals surface area contributed by atoms with Crippen LogP contribution in [0.3, 0.4) is 0 Å². The van der Waals surface area contributed by atoms with Gasteiger partial charge >= 0.3 is 0 Å². The third-order valence-corrected chi connectivity index (χ3v) is 11.7. The minimum absolute atomic E-state index is 0.0475. The number of aromatic hydroxyl groups is 1. The number of phenols is 1. The van der Waals surface area contributed by atoms with Crippen LogP contribution in [-0.2, 0) is 19.2 Å². The van der Waals surface area contributed by atoms with Crippen molar-refractivity contribution < 1.29 is 33.8 Å². The van der Waals surface area contributed by atoms with Crippen molar-refractivity contribution in [2.24, 2.45) is 17.8 Å². The van der Waals surface area contributed by atoms with E-state index in [-0.39, 0.29) is 24.5 Å². The van der Waals surface area contributed by atoms with Crippen molar-refractivity contribution in [2.45, 2.75) is 28.5 Å². The molecule has 3 fully saturated rings. The SMILES string of the molecule is COc1ccc(OC)c(C=Cc2ccc(N3C(=O)C4CC=C5C(CC6(Cl)C(=O)N(C)C(=O)C6(Cl)C5c5cccc(O)c5)C4C3=O)cc2)c1. The molecule has 0 bridgehead atoms. The summed E-state index contributed by atoms with van der Waals surface area (Å²) in [4.78, 5) is 53.8. The van der Waals surface area contributed by atoms with Crippen LogP contribution in [0.25, 0.3) is 12.2 Å². The predicted molar refractivity (Wildman–Crippen MR) is 181 cm³/mol.